The van der Waals surface area contributed by atoms with E-state index in [9.17, 15) is 9.90 Å². The monoisotopic (exact) mass is 272 g/mol. The molecule has 0 aliphatic rings. The molecule has 0 aliphatic heterocycles. The Bertz CT molecular complexity index is 863. The standard InChI is InChI=1S/C15H12O5/c1-18-8-3-4-9-12(7-8)20-14-10(13(9)17)5-6-11(16)15(14)19-2/h3-7,16H,1-2H3. The number of aromatic hydroxyl groups is 1. The van der Waals surface area contributed by atoms with Crippen molar-refractivity contribution in [1.82, 2.24) is 0 Å². The van der Waals surface area contributed by atoms with E-state index >= 15 is 0 Å². The SMILES string of the molecule is COc1ccc2c(=O)c3ccc(O)c(OC)c3oc2c1. The minimum Gasteiger partial charge on any atom is -0.504 e. The Morgan fingerprint density at radius 2 is 1.80 bits per heavy atom. The molecule has 0 atom stereocenters. The predicted octanol–water partition coefficient (Wildman–Crippen LogP) is 2.67. The summed E-state index contributed by atoms with van der Waals surface area (Å²) in [5.74, 6) is 0.647. The smallest absolute Gasteiger partial charge is 0.204 e. The van der Waals surface area contributed by atoms with Crippen molar-refractivity contribution in [1.29, 1.82) is 0 Å². The van der Waals surface area contributed by atoms with E-state index < -0.39 is 0 Å². The van der Waals surface area contributed by atoms with Gasteiger partial charge >= 0.3 is 0 Å². The molecule has 0 saturated heterocycles. The van der Waals surface area contributed by atoms with E-state index in [2.05, 4.69) is 0 Å². The normalized spacial score (nSPS) is 10.9. The number of ether oxygens (including phenoxy) is 2. The summed E-state index contributed by atoms with van der Waals surface area (Å²) >= 11 is 0. The Balaban J connectivity index is 2.51. The summed E-state index contributed by atoms with van der Waals surface area (Å²) in [6.07, 6.45) is 0. The first-order valence-electron chi connectivity index (χ1n) is 5.96. The fraction of sp³-hybridized carbons (Fsp3) is 0.133. The van der Waals surface area contributed by atoms with E-state index in [0.717, 1.165) is 0 Å². The fourth-order valence-corrected chi connectivity index (χ4v) is 2.19. The summed E-state index contributed by atoms with van der Waals surface area (Å²) in [5.41, 5.74) is 0.422. The van der Waals surface area contributed by atoms with Crippen molar-refractivity contribution in [2.75, 3.05) is 14.2 Å². The molecular weight excluding hydrogens is 260 g/mol. The van der Waals surface area contributed by atoms with E-state index in [1.54, 1.807) is 18.2 Å². The Kier molecular flexibility index (Phi) is 2.75. The highest BCUT2D eigenvalue weighted by Crippen LogP contribution is 2.35. The van der Waals surface area contributed by atoms with E-state index in [1.165, 1.54) is 26.4 Å². The number of phenolic OH excluding ortho intramolecular Hbond substituents is 1. The zero-order valence-electron chi connectivity index (χ0n) is 11.0. The van der Waals surface area contributed by atoms with Gasteiger partial charge in [-0.2, -0.15) is 0 Å². The van der Waals surface area contributed by atoms with Gasteiger partial charge in [0.2, 0.25) is 11.2 Å². The van der Waals surface area contributed by atoms with Crippen LogP contribution in [0.3, 0.4) is 0 Å². The highest BCUT2D eigenvalue weighted by atomic mass is 16.5. The van der Waals surface area contributed by atoms with Crippen LogP contribution >= 0.6 is 0 Å². The van der Waals surface area contributed by atoms with Gasteiger partial charge in [-0.05, 0) is 24.3 Å². The van der Waals surface area contributed by atoms with Gasteiger partial charge in [-0.15, -0.1) is 0 Å². The van der Waals surface area contributed by atoms with Gasteiger partial charge in [0.05, 0.1) is 25.0 Å². The minimum absolute atomic E-state index is 0.0783. The van der Waals surface area contributed by atoms with Crippen LogP contribution in [0, 0.1) is 0 Å². The predicted molar refractivity (Wildman–Crippen MR) is 74.8 cm³/mol. The molecule has 102 valence electrons. The third kappa shape index (κ3) is 1.67. The average Bonchev–Trinajstić information content (AvgIpc) is 2.46. The maximum absolute atomic E-state index is 12.4. The summed E-state index contributed by atoms with van der Waals surface area (Å²) in [5, 5.41) is 10.6. The van der Waals surface area contributed by atoms with Crippen LogP contribution in [0.2, 0.25) is 0 Å². The molecule has 5 heteroatoms. The van der Waals surface area contributed by atoms with Crippen molar-refractivity contribution in [3.63, 3.8) is 0 Å². The second-order valence-corrected chi connectivity index (χ2v) is 4.29. The molecule has 0 unspecified atom stereocenters. The highest BCUT2D eigenvalue weighted by Gasteiger charge is 2.15. The average molecular weight is 272 g/mol. The van der Waals surface area contributed by atoms with E-state index in [0.29, 0.717) is 22.1 Å². The van der Waals surface area contributed by atoms with Crippen LogP contribution in [-0.2, 0) is 0 Å². The molecule has 0 amide bonds. The van der Waals surface area contributed by atoms with Gasteiger partial charge in [0.25, 0.3) is 0 Å². The van der Waals surface area contributed by atoms with Crippen molar-refractivity contribution in [2.24, 2.45) is 0 Å². The molecule has 1 heterocycles. The van der Waals surface area contributed by atoms with Crippen LogP contribution in [0.25, 0.3) is 21.9 Å². The number of hydrogen-bond acceptors (Lipinski definition) is 5. The molecule has 0 saturated carbocycles. The molecule has 1 aromatic heterocycles. The molecule has 0 spiro atoms. The van der Waals surface area contributed by atoms with Crippen molar-refractivity contribution in [2.45, 2.75) is 0 Å². The zero-order chi connectivity index (χ0) is 14.3. The Hall–Kier alpha value is -2.69. The second kappa shape index (κ2) is 4.45. The number of rotatable bonds is 2. The summed E-state index contributed by atoms with van der Waals surface area (Å²) in [4.78, 5) is 12.4. The van der Waals surface area contributed by atoms with Crippen LogP contribution in [0.15, 0.2) is 39.5 Å². The van der Waals surface area contributed by atoms with Crippen molar-refractivity contribution >= 4 is 21.9 Å². The summed E-state index contributed by atoms with van der Waals surface area (Å²) in [6.45, 7) is 0. The van der Waals surface area contributed by atoms with Gasteiger partial charge in [-0.3, -0.25) is 4.79 Å². The Morgan fingerprint density at radius 1 is 1.05 bits per heavy atom. The van der Waals surface area contributed by atoms with Gasteiger partial charge in [0.1, 0.15) is 11.3 Å². The number of fused-ring (bicyclic) bond motifs is 2. The van der Waals surface area contributed by atoms with Crippen LogP contribution in [-0.4, -0.2) is 19.3 Å². The van der Waals surface area contributed by atoms with E-state index in [4.69, 9.17) is 13.9 Å². The van der Waals surface area contributed by atoms with Crippen LogP contribution < -0.4 is 14.9 Å². The lowest BCUT2D eigenvalue weighted by Gasteiger charge is -2.08. The number of methoxy groups -OCH3 is 2. The van der Waals surface area contributed by atoms with Crippen LogP contribution in [0.4, 0.5) is 0 Å². The molecule has 0 radical (unpaired) electrons. The third-order valence-corrected chi connectivity index (χ3v) is 3.19. The maximum atomic E-state index is 12.4. The van der Waals surface area contributed by atoms with Gasteiger partial charge in [0.15, 0.2) is 11.3 Å². The molecule has 20 heavy (non-hydrogen) atoms. The molecule has 3 rings (SSSR count). The lowest BCUT2D eigenvalue weighted by molar-refractivity contribution is 0.371. The number of hydrogen-bond donors (Lipinski definition) is 1. The quantitative estimate of drug-likeness (QED) is 0.726. The van der Waals surface area contributed by atoms with Crippen molar-refractivity contribution in [3.8, 4) is 17.2 Å². The molecule has 0 bridgehead atoms. The largest absolute Gasteiger partial charge is 0.504 e. The number of benzene rings is 2. The van der Waals surface area contributed by atoms with Gasteiger partial charge in [-0.25, -0.2) is 0 Å². The van der Waals surface area contributed by atoms with Crippen molar-refractivity contribution < 1.29 is 19.0 Å². The summed E-state index contributed by atoms with van der Waals surface area (Å²) in [6, 6.07) is 7.90. The van der Waals surface area contributed by atoms with Crippen LogP contribution in [0.1, 0.15) is 0 Å². The van der Waals surface area contributed by atoms with Crippen molar-refractivity contribution in [3.05, 3.63) is 40.6 Å². The fourth-order valence-electron chi connectivity index (χ4n) is 2.19. The third-order valence-electron chi connectivity index (χ3n) is 3.19. The van der Waals surface area contributed by atoms with Gasteiger partial charge in [-0.1, -0.05) is 0 Å². The molecule has 3 aromatic rings. The summed E-state index contributed by atoms with van der Waals surface area (Å²) < 4.78 is 15.9. The molecule has 1 N–H and O–H groups in total. The highest BCUT2D eigenvalue weighted by molar-refractivity contribution is 5.94. The van der Waals surface area contributed by atoms with E-state index in [1.807, 2.05) is 0 Å². The second-order valence-electron chi connectivity index (χ2n) is 4.29. The summed E-state index contributed by atoms with van der Waals surface area (Å²) in [7, 11) is 2.94. The molecule has 2 aromatic carbocycles. The Labute approximate surface area is 114 Å². The van der Waals surface area contributed by atoms with Gasteiger partial charge in [0, 0.05) is 6.07 Å². The lowest BCUT2D eigenvalue weighted by Crippen LogP contribution is -2.03. The molecule has 0 fully saturated rings. The molecular formula is C15H12O5. The number of phenols is 1. The topological polar surface area (TPSA) is 68.9 Å². The first-order valence-corrected chi connectivity index (χ1v) is 5.96. The molecule has 5 nitrogen and oxygen atoms in total. The lowest BCUT2D eigenvalue weighted by atomic mass is 10.1. The maximum Gasteiger partial charge on any atom is 0.204 e. The Morgan fingerprint density at radius 3 is 2.50 bits per heavy atom. The molecule has 0 aliphatic carbocycles. The van der Waals surface area contributed by atoms with Gasteiger partial charge < -0.3 is 19.0 Å². The first kappa shape index (κ1) is 12.3. The van der Waals surface area contributed by atoms with E-state index in [-0.39, 0.29) is 22.5 Å². The first-order chi connectivity index (χ1) is 9.65. The zero-order valence-corrected chi connectivity index (χ0v) is 11.0. The minimum atomic E-state index is -0.179. The van der Waals surface area contributed by atoms with Crippen LogP contribution in [0.5, 0.6) is 17.2 Å².